The van der Waals surface area contributed by atoms with Gasteiger partial charge in [-0.3, -0.25) is 0 Å². The molecular weight excluding hydrogens is 402 g/mol. The van der Waals surface area contributed by atoms with E-state index in [0.29, 0.717) is 9.54 Å². The van der Waals surface area contributed by atoms with Gasteiger partial charge >= 0.3 is 143 Å². The quantitative estimate of drug-likeness (QED) is 0.512. The third-order valence-corrected chi connectivity index (χ3v) is 6.12. The minimum Gasteiger partial charge on any atom is -0.147 e. The Morgan fingerprint density at radius 2 is 1.65 bits per heavy atom. The smallest absolute Gasteiger partial charge is 0.147 e. The van der Waals surface area contributed by atoms with Gasteiger partial charge in [-0.1, -0.05) is 0 Å². The maximum absolute atomic E-state index is 2.43. The number of halogens is 2. The maximum atomic E-state index is 2.43. The number of fused-ring (bicyclic) bond motifs is 1. The summed E-state index contributed by atoms with van der Waals surface area (Å²) in [7, 11) is 0. The van der Waals surface area contributed by atoms with Crippen LogP contribution in [0, 0.1) is 0 Å². The van der Waals surface area contributed by atoms with E-state index in [4.69, 9.17) is 0 Å². The Morgan fingerprint density at radius 3 is 2.22 bits per heavy atom. The van der Waals surface area contributed by atoms with Crippen molar-refractivity contribution in [1.82, 2.24) is 0 Å². The van der Waals surface area contributed by atoms with Crippen LogP contribution in [0.2, 0.25) is 0 Å². The minimum atomic E-state index is 0. The van der Waals surface area contributed by atoms with Gasteiger partial charge in [-0.15, -0.1) is 24.8 Å². The average Bonchev–Trinajstić information content (AvgIpc) is 2.84. The van der Waals surface area contributed by atoms with Crippen LogP contribution in [0.1, 0.15) is 53.4 Å². The summed E-state index contributed by atoms with van der Waals surface area (Å²) in [4.78, 5) is 0. The standard InChI is InChI=1S/C20H21.2ClH.Zr/c1-4-15-12-18-6-5-7-19(20(18)13-15)17-10-8-16(9-11-17)14(2)3;;;/h5-14H,4H2,1-3H3;2*1H;. The molecule has 0 bridgehead atoms. The van der Waals surface area contributed by atoms with Crippen LogP contribution in [-0.2, 0) is 24.7 Å². The van der Waals surface area contributed by atoms with Crippen LogP contribution in [0.4, 0.5) is 0 Å². The molecule has 0 spiro atoms. The summed E-state index contributed by atoms with van der Waals surface area (Å²) in [5.74, 6) is 0.594. The van der Waals surface area contributed by atoms with Crippen molar-refractivity contribution in [2.24, 2.45) is 0 Å². The van der Waals surface area contributed by atoms with Crippen LogP contribution in [-0.4, -0.2) is 0 Å². The molecule has 3 heteroatoms. The normalized spacial score (nSPS) is 15.4. The maximum Gasteiger partial charge on any atom is -0.147 e. The molecule has 0 fully saturated rings. The predicted octanol–water partition coefficient (Wildman–Crippen LogP) is 6.72. The summed E-state index contributed by atoms with van der Waals surface area (Å²) in [5, 5.41) is 0. The van der Waals surface area contributed by atoms with Crippen LogP contribution in [0.3, 0.4) is 0 Å². The molecule has 0 aromatic heterocycles. The molecule has 23 heavy (non-hydrogen) atoms. The van der Waals surface area contributed by atoms with Crippen molar-refractivity contribution < 1.29 is 24.7 Å². The topological polar surface area (TPSA) is 0 Å². The average molecular weight is 426 g/mol. The van der Waals surface area contributed by atoms with Gasteiger partial charge in [0.15, 0.2) is 0 Å². The van der Waals surface area contributed by atoms with E-state index in [1.807, 2.05) is 0 Å². The van der Waals surface area contributed by atoms with Crippen LogP contribution in [0.25, 0.3) is 17.2 Å². The minimum absolute atomic E-state index is 0. The van der Waals surface area contributed by atoms with Gasteiger partial charge < -0.3 is 0 Å². The molecule has 0 amide bonds. The van der Waals surface area contributed by atoms with Gasteiger partial charge in [-0.05, 0) is 0 Å². The zero-order valence-electron chi connectivity index (χ0n) is 13.8. The van der Waals surface area contributed by atoms with E-state index in [0.717, 1.165) is 6.42 Å². The molecule has 0 radical (unpaired) electrons. The van der Waals surface area contributed by atoms with Crippen molar-refractivity contribution in [2.45, 2.75) is 36.7 Å². The van der Waals surface area contributed by atoms with E-state index >= 15 is 0 Å². The Balaban J connectivity index is 0.00000132. The van der Waals surface area contributed by atoms with Crippen LogP contribution in [0.5, 0.6) is 0 Å². The molecule has 1 unspecified atom stereocenters. The number of allylic oxidation sites excluding steroid dienone is 1. The Kier molecular flexibility index (Phi) is 7.79. The summed E-state index contributed by atoms with van der Waals surface area (Å²) in [6.45, 7) is 6.76. The number of hydrogen-bond acceptors (Lipinski definition) is 0. The fourth-order valence-electron chi connectivity index (χ4n) is 3.07. The van der Waals surface area contributed by atoms with Gasteiger partial charge in [-0.25, -0.2) is 0 Å². The van der Waals surface area contributed by atoms with E-state index in [1.165, 1.54) is 27.8 Å². The van der Waals surface area contributed by atoms with Gasteiger partial charge in [0.05, 0.1) is 0 Å². The molecular formula is C20H23Cl2Zr. The van der Waals surface area contributed by atoms with Crippen molar-refractivity contribution in [3.63, 3.8) is 0 Å². The Morgan fingerprint density at radius 1 is 1.00 bits per heavy atom. The van der Waals surface area contributed by atoms with E-state index in [2.05, 4.69) is 69.3 Å². The second-order valence-electron chi connectivity index (χ2n) is 6.09. The third-order valence-electron chi connectivity index (χ3n) is 4.45. The monoisotopic (exact) mass is 423 g/mol. The van der Waals surface area contributed by atoms with Gasteiger partial charge in [0.2, 0.25) is 0 Å². The number of benzene rings is 2. The van der Waals surface area contributed by atoms with E-state index < -0.39 is 0 Å². The molecule has 2 aromatic carbocycles. The first-order valence-electron chi connectivity index (χ1n) is 7.76. The Hall–Kier alpha value is -0.357. The largest absolute Gasteiger partial charge is 0.147 e. The van der Waals surface area contributed by atoms with Crippen molar-refractivity contribution in [1.29, 1.82) is 0 Å². The van der Waals surface area contributed by atoms with Crippen molar-refractivity contribution in [3.8, 4) is 11.1 Å². The Bertz CT molecular complexity index is 687. The predicted molar refractivity (Wildman–Crippen MR) is 101 cm³/mol. The Labute approximate surface area is 167 Å². The fourth-order valence-corrected chi connectivity index (χ4v) is 4.40. The van der Waals surface area contributed by atoms with E-state index in [9.17, 15) is 0 Å². The molecule has 0 saturated heterocycles. The van der Waals surface area contributed by atoms with Gasteiger partial charge in [0, 0.05) is 0 Å². The SMILES string of the molecule is CCC1=Cc2c(-c3ccc(C(C)C)cc3)cccc2[CH]1[Zr].Cl.Cl. The van der Waals surface area contributed by atoms with Crippen LogP contribution >= 0.6 is 24.8 Å². The van der Waals surface area contributed by atoms with E-state index in [-0.39, 0.29) is 24.8 Å². The van der Waals surface area contributed by atoms with Crippen molar-refractivity contribution in [3.05, 3.63) is 64.7 Å². The zero-order valence-corrected chi connectivity index (χ0v) is 17.9. The van der Waals surface area contributed by atoms with Crippen LogP contribution < -0.4 is 0 Å². The summed E-state index contributed by atoms with van der Waals surface area (Å²) >= 11 is 1.60. The molecule has 0 aliphatic heterocycles. The molecule has 0 heterocycles. The molecule has 2 aromatic rings. The molecule has 0 nitrogen and oxygen atoms in total. The van der Waals surface area contributed by atoms with Crippen molar-refractivity contribution >= 4 is 30.9 Å². The second-order valence-corrected chi connectivity index (χ2v) is 7.51. The molecule has 0 N–H and O–H groups in total. The summed E-state index contributed by atoms with van der Waals surface area (Å²) in [6, 6.07) is 15.9. The van der Waals surface area contributed by atoms with Gasteiger partial charge in [0.25, 0.3) is 0 Å². The molecule has 0 saturated carbocycles. The first-order chi connectivity index (χ1) is 10.1. The summed E-state index contributed by atoms with van der Waals surface area (Å²) < 4.78 is 0.659. The van der Waals surface area contributed by atoms with Crippen molar-refractivity contribution in [2.75, 3.05) is 0 Å². The van der Waals surface area contributed by atoms with E-state index in [1.54, 1.807) is 30.3 Å². The third kappa shape index (κ3) is 4.01. The molecule has 1 aliphatic carbocycles. The molecule has 1 atom stereocenters. The number of hydrogen-bond donors (Lipinski definition) is 0. The second kappa shape index (κ2) is 8.66. The molecule has 1 aliphatic rings. The summed E-state index contributed by atoms with van der Waals surface area (Å²) in [6.07, 6.45) is 3.59. The first-order valence-corrected chi connectivity index (χ1v) is 9.18. The van der Waals surface area contributed by atoms with Crippen LogP contribution in [0.15, 0.2) is 48.0 Å². The fraction of sp³-hybridized carbons (Fsp3) is 0.300. The first kappa shape index (κ1) is 20.7. The molecule has 121 valence electrons. The molecule has 3 rings (SSSR count). The van der Waals surface area contributed by atoms with Gasteiger partial charge in [0.1, 0.15) is 0 Å². The summed E-state index contributed by atoms with van der Waals surface area (Å²) in [5.41, 5.74) is 8.71. The number of rotatable bonds is 3. The van der Waals surface area contributed by atoms with Gasteiger partial charge in [-0.2, -0.15) is 0 Å². The zero-order chi connectivity index (χ0) is 15.0.